The molecule has 6 nitrogen and oxygen atoms in total. The molecule has 1 heterocycles. The molecule has 2 N–H and O–H groups in total. The summed E-state index contributed by atoms with van der Waals surface area (Å²) < 4.78 is 6.63. The van der Waals surface area contributed by atoms with Gasteiger partial charge in [-0.1, -0.05) is 0 Å². The molecule has 0 aliphatic heterocycles. The Kier molecular flexibility index (Phi) is 5.80. The van der Waals surface area contributed by atoms with Crippen LogP contribution in [0, 0.1) is 0 Å². The predicted molar refractivity (Wildman–Crippen MR) is 69.1 cm³/mol. The van der Waals surface area contributed by atoms with E-state index in [0.29, 0.717) is 13.2 Å². The molecule has 0 bridgehead atoms. The first-order chi connectivity index (χ1) is 8.54. The first-order valence-electron chi connectivity index (χ1n) is 6.05. The standard InChI is InChI=1S/C12H22N4O2/c1-9(11-7-14-16(3)8-11)15-10(2)12(17)13-5-6-18-4/h7-10,15H,5-6H2,1-4H3,(H,13,17). The molecule has 0 saturated carbocycles. The van der Waals surface area contributed by atoms with Gasteiger partial charge in [0.1, 0.15) is 0 Å². The molecule has 0 aliphatic rings. The largest absolute Gasteiger partial charge is 0.383 e. The Morgan fingerprint density at radius 2 is 2.28 bits per heavy atom. The Morgan fingerprint density at radius 3 is 2.83 bits per heavy atom. The van der Waals surface area contributed by atoms with Crippen LogP contribution in [0.2, 0.25) is 0 Å². The van der Waals surface area contributed by atoms with Crippen molar-refractivity contribution in [3.8, 4) is 0 Å². The molecule has 0 saturated heterocycles. The van der Waals surface area contributed by atoms with Crippen LogP contribution in [0.5, 0.6) is 0 Å². The maximum absolute atomic E-state index is 11.7. The van der Waals surface area contributed by atoms with Crippen LogP contribution in [-0.4, -0.2) is 42.0 Å². The Bertz CT molecular complexity index is 378. The van der Waals surface area contributed by atoms with Gasteiger partial charge in [0, 0.05) is 38.5 Å². The van der Waals surface area contributed by atoms with Gasteiger partial charge in [0.25, 0.3) is 0 Å². The van der Waals surface area contributed by atoms with Crippen molar-refractivity contribution >= 4 is 5.91 Å². The van der Waals surface area contributed by atoms with Crippen LogP contribution in [-0.2, 0) is 16.6 Å². The number of carbonyl (C=O) groups is 1. The van der Waals surface area contributed by atoms with E-state index in [1.54, 1.807) is 18.0 Å². The first kappa shape index (κ1) is 14.7. The van der Waals surface area contributed by atoms with Crippen molar-refractivity contribution in [2.45, 2.75) is 25.9 Å². The lowest BCUT2D eigenvalue weighted by molar-refractivity contribution is -0.123. The van der Waals surface area contributed by atoms with E-state index in [-0.39, 0.29) is 18.0 Å². The average molecular weight is 254 g/mol. The zero-order chi connectivity index (χ0) is 13.5. The van der Waals surface area contributed by atoms with E-state index < -0.39 is 0 Å². The maximum atomic E-state index is 11.7. The number of hydrogen-bond acceptors (Lipinski definition) is 4. The fraction of sp³-hybridized carbons (Fsp3) is 0.667. The van der Waals surface area contributed by atoms with E-state index in [1.807, 2.05) is 27.1 Å². The second-order valence-corrected chi connectivity index (χ2v) is 4.34. The van der Waals surface area contributed by atoms with Crippen LogP contribution >= 0.6 is 0 Å². The van der Waals surface area contributed by atoms with E-state index in [2.05, 4.69) is 15.7 Å². The Morgan fingerprint density at radius 1 is 1.56 bits per heavy atom. The minimum absolute atomic E-state index is 0.0252. The third-order valence-electron chi connectivity index (χ3n) is 2.72. The van der Waals surface area contributed by atoms with Crippen molar-refractivity contribution in [2.24, 2.45) is 7.05 Å². The van der Waals surface area contributed by atoms with E-state index in [9.17, 15) is 4.79 Å². The highest BCUT2D eigenvalue weighted by molar-refractivity contribution is 5.81. The van der Waals surface area contributed by atoms with Crippen LogP contribution in [0.1, 0.15) is 25.5 Å². The molecule has 2 atom stereocenters. The number of ether oxygens (including phenoxy) is 1. The zero-order valence-corrected chi connectivity index (χ0v) is 11.4. The van der Waals surface area contributed by atoms with Gasteiger partial charge in [0.15, 0.2) is 0 Å². The molecule has 0 aromatic carbocycles. The molecule has 0 spiro atoms. The molecule has 0 aliphatic carbocycles. The number of amides is 1. The molecular formula is C12H22N4O2. The maximum Gasteiger partial charge on any atom is 0.236 e. The highest BCUT2D eigenvalue weighted by Gasteiger charge is 2.16. The third kappa shape index (κ3) is 4.46. The number of carbonyl (C=O) groups excluding carboxylic acids is 1. The molecule has 0 fully saturated rings. The van der Waals surface area contributed by atoms with Gasteiger partial charge in [-0.3, -0.25) is 14.8 Å². The van der Waals surface area contributed by atoms with E-state index in [1.165, 1.54) is 0 Å². The summed E-state index contributed by atoms with van der Waals surface area (Å²) >= 11 is 0. The van der Waals surface area contributed by atoms with Gasteiger partial charge in [-0.15, -0.1) is 0 Å². The van der Waals surface area contributed by atoms with Crippen molar-refractivity contribution in [1.82, 2.24) is 20.4 Å². The van der Waals surface area contributed by atoms with Gasteiger partial charge in [-0.2, -0.15) is 5.10 Å². The second kappa shape index (κ2) is 7.13. The number of nitrogens with one attached hydrogen (secondary N) is 2. The van der Waals surface area contributed by atoms with Crippen LogP contribution < -0.4 is 10.6 Å². The summed E-state index contributed by atoms with van der Waals surface area (Å²) in [6.45, 7) is 4.91. The van der Waals surface area contributed by atoms with Crippen LogP contribution in [0.3, 0.4) is 0 Å². The summed E-state index contributed by atoms with van der Waals surface area (Å²) in [6, 6.07) is -0.168. The van der Waals surface area contributed by atoms with Gasteiger partial charge < -0.3 is 10.1 Å². The normalized spacial score (nSPS) is 14.2. The van der Waals surface area contributed by atoms with Crippen LogP contribution in [0.4, 0.5) is 0 Å². The number of aryl methyl sites for hydroxylation is 1. The number of nitrogens with zero attached hydrogens (tertiary/aromatic N) is 2. The topological polar surface area (TPSA) is 68.2 Å². The zero-order valence-electron chi connectivity index (χ0n) is 11.4. The Hall–Kier alpha value is -1.40. The van der Waals surface area contributed by atoms with Crippen molar-refractivity contribution in [3.05, 3.63) is 18.0 Å². The van der Waals surface area contributed by atoms with Crippen molar-refractivity contribution in [1.29, 1.82) is 0 Å². The van der Waals surface area contributed by atoms with Crippen molar-refractivity contribution in [2.75, 3.05) is 20.3 Å². The summed E-state index contributed by atoms with van der Waals surface area (Å²) in [4.78, 5) is 11.7. The lowest BCUT2D eigenvalue weighted by Gasteiger charge is -2.18. The van der Waals surface area contributed by atoms with E-state index >= 15 is 0 Å². The van der Waals surface area contributed by atoms with Crippen LogP contribution in [0.25, 0.3) is 0 Å². The van der Waals surface area contributed by atoms with Gasteiger partial charge in [-0.05, 0) is 13.8 Å². The van der Waals surface area contributed by atoms with E-state index in [4.69, 9.17) is 4.74 Å². The molecule has 102 valence electrons. The average Bonchev–Trinajstić information content (AvgIpc) is 2.76. The molecule has 0 radical (unpaired) electrons. The van der Waals surface area contributed by atoms with Crippen molar-refractivity contribution < 1.29 is 9.53 Å². The number of aromatic nitrogens is 2. The molecule has 1 aromatic rings. The smallest absolute Gasteiger partial charge is 0.236 e. The van der Waals surface area contributed by atoms with Crippen LogP contribution in [0.15, 0.2) is 12.4 Å². The number of hydrogen-bond donors (Lipinski definition) is 2. The number of methoxy groups -OCH3 is 1. The second-order valence-electron chi connectivity index (χ2n) is 4.34. The summed E-state index contributed by atoms with van der Waals surface area (Å²) in [5.74, 6) is -0.0252. The van der Waals surface area contributed by atoms with Gasteiger partial charge in [0.2, 0.25) is 5.91 Å². The molecule has 6 heteroatoms. The lowest BCUT2D eigenvalue weighted by atomic mass is 10.1. The Labute approximate surface area is 108 Å². The highest BCUT2D eigenvalue weighted by atomic mass is 16.5. The minimum Gasteiger partial charge on any atom is -0.383 e. The van der Waals surface area contributed by atoms with Crippen molar-refractivity contribution in [3.63, 3.8) is 0 Å². The molecule has 1 aromatic heterocycles. The van der Waals surface area contributed by atoms with E-state index in [0.717, 1.165) is 5.56 Å². The highest BCUT2D eigenvalue weighted by Crippen LogP contribution is 2.10. The molecule has 18 heavy (non-hydrogen) atoms. The minimum atomic E-state index is -0.253. The Balaban J connectivity index is 2.39. The molecule has 2 unspecified atom stereocenters. The fourth-order valence-corrected chi connectivity index (χ4v) is 1.64. The summed E-state index contributed by atoms with van der Waals surface area (Å²) in [5, 5.41) is 10.1. The predicted octanol–water partition coefficient (Wildman–Crippen LogP) is 0.222. The van der Waals surface area contributed by atoms with Gasteiger partial charge in [0.05, 0.1) is 18.8 Å². The lowest BCUT2D eigenvalue weighted by Crippen LogP contribution is -2.43. The van der Waals surface area contributed by atoms with Gasteiger partial charge >= 0.3 is 0 Å². The summed E-state index contributed by atoms with van der Waals surface area (Å²) in [7, 11) is 3.48. The molecule has 1 amide bonds. The molecule has 1 rings (SSSR count). The summed E-state index contributed by atoms with van der Waals surface area (Å²) in [5.41, 5.74) is 1.06. The number of rotatable bonds is 7. The van der Waals surface area contributed by atoms with Gasteiger partial charge in [-0.25, -0.2) is 0 Å². The quantitative estimate of drug-likeness (QED) is 0.683. The molecular weight excluding hydrogens is 232 g/mol. The third-order valence-corrected chi connectivity index (χ3v) is 2.72. The monoisotopic (exact) mass is 254 g/mol. The summed E-state index contributed by atoms with van der Waals surface area (Å²) in [6.07, 6.45) is 3.74. The SMILES string of the molecule is COCCNC(=O)C(C)NC(C)c1cnn(C)c1. The first-order valence-corrected chi connectivity index (χ1v) is 6.05. The fourth-order valence-electron chi connectivity index (χ4n) is 1.64.